The maximum Gasteiger partial charge on any atom is 0.339 e. The van der Waals surface area contributed by atoms with Gasteiger partial charge in [-0.3, -0.25) is 15.1 Å². The molecule has 0 unspecified atom stereocenters. The smallest absolute Gasteiger partial charge is 0.339 e. The number of aromatic nitrogens is 1. The highest BCUT2D eigenvalue weighted by Gasteiger charge is 2.28. The summed E-state index contributed by atoms with van der Waals surface area (Å²) in [6.45, 7) is 1.48. The number of esters is 1. The van der Waals surface area contributed by atoms with E-state index < -0.39 is 24.0 Å². The van der Waals surface area contributed by atoms with E-state index in [1.54, 1.807) is 0 Å². The molecule has 158 valence electrons. The largest absolute Gasteiger partial charge is 0.449 e. The molecule has 1 saturated carbocycles. The third-order valence-corrected chi connectivity index (χ3v) is 5.95. The number of pyridine rings is 1. The van der Waals surface area contributed by atoms with Crippen LogP contribution in [-0.2, 0) is 22.4 Å². The average molecular weight is 409 g/mol. The van der Waals surface area contributed by atoms with E-state index in [0.29, 0.717) is 5.56 Å². The summed E-state index contributed by atoms with van der Waals surface area (Å²) in [5.74, 6) is -1.19. The summed E-state index contributed by atoms with van der Waals surface area (Å²) in [5, 5.41) is 5.85. The molecule has 0 saturated heterocycles. The molecular formula is C23H27N3O4. The SMILES string of the molecule is C[C@@H](OC(=O)c1c2c(nc3ccccc13)CCC2)C(=O)NC(=O)NC1CCCCC1. The van der Waals surface area contributed by atoms with Crippen LogP contribution in [0.5, 0.6) is 0 Å². The number of rotatable bonds is 4. The monoisotopic (exact) mass is 409 g/mol. The van der Waals surface area contributed by atoms with Crippen LogP contribution in [-0.4, -0.2) is 35.0 Å². The third kappa shape index (κ3) is 4.30. The number of urea groups is 1. The van der Waals surface area contributed by atoms with Crippen molar-refractivity contribution >= 4 is 28.8 Å². The Labute approximate surface area is 175 Å². The predicted octanol–water partition coefficient (Wildman–Crippen LogP) is 3.43. The van der Waals surface area contributed by atoms with Crippen LogP contribution < -0.4 is 10.6 Å². The number of carbonyl (C=O) groups excluding carboxylic acids is 3. The van der Waals surface area contributed by atoms with Gasteiger partial charge < -0.3 is 10.1 Å². The van der Waals surface area contributed by atoms with Crippen LogP contribution in [0.3, 0.4) is 0 Å². The third-order valence-electron chi connectivity index (χ3n) is 5.95. The zero-order valence-electron chi connectivity index (χ0n) is 17.2. The second-order valence-corrected chi connectivity index (χ2v) is 8.13. The topological polar surface area (TPSA) is 97.4 Å². The normalized spacial score (nSPS) is 17.2. The fourth-order valence-electron chi connectivity index (χ4n) is 4.40. The van der Waals surface area contributed by atoms with Crippen molar-refractivity contribution in [2.45, 2.75) is 70.4 Å². The van der Waals surface area contributed by atoms with Crippen molar-refractivity contribution in [2.75, 3.05) is 0 Å². The first-order chi connectivity index (χ1) is 14.5. The Balaban J connectivity index is 1.43. The van der Waals surface area contributed by atoms with Crippen molar-refractivity contribution in [2.24, 2.45) is 0 Å². The minimum absolute atomic E-state index is 0.0928. The molecule has 1 aromatic carbocycles. The number of fused-ring (bicyclic) bond motifs is 2. The molecule has 1 fully saturated rings. The first-order valence-corrected chi connectivity index (χ1v) is 10.8. The Hall–Kier alpha value is -2.96. The van der Waals surface area contributed by atoms with Gasteiger partial charge in [0.2, 0.25) is 0 Å². The van der Waals surface area contributed by atoms with Gasteiger partial charge >= 0.3 is 12.0 Å². The molecule has 3 amide bonds. The Morgan fingerprint density at radius 1 is 1.07 bits per heavy atom. The van der Waals surface area contributed by atoms with E-state index in [9.17, 15) is 14.4 Å². The summed E-state index contributed by atoms with van der Waals surface area (Å²) < 4.78 is 5.46. The van der Waals surface area contributed by atoms with Crippen molar-refractivity contribution in [1.82, 2.24) is 15.6 Å². The maximum atomic E-state index is 13.0. The molecule has 2 aliphatic rings. The van der Waals surface area contributed by atoms with E-state index >= 15 is 0 Å². The number of ether oxygens (including phenoxy) is 1. The first kappa shape index (κ1) is 20.3. The van der Waals surface area contributed by atoms with Crippen LogP contribution in [0, 0.1) is 0 Å². The molecule has 0 aliphatic heterocycles. The van der Waals surface area contributed by atoms with Crippen LogP contribution in [0.4, 0.5) is 4.79 Å². The summed E-state index contributed by atoms with van der Waals surface area (Å²) in [5.41, 5.74) is 3.06. The molecule has 30 heavy (non-hydrogen) atoms. The second kappa shape index (κ2) is 8.81. The first-order valence-electron chi connectivity index (χ1n) is 10.8. The Kier molecular flexibility index (Phi) is 5.97. The lowest BCUT2D eigenvalue weighted by Crippen LogP contribution is -2.48. The molecule has 0 radical (unpaired) electrons. The summed E-state index contributed by atoms with van der Waals surface area (Å²) in [4.78, 5) is 42.2. The Bertz CT molecular complexity index is 982. The van der Waals surface area contributed by atoms with E-state index in [1.165, 1.54) is 13.3 Å². The molecule has 7 heteroatoms. The van der Waals surface area contributed by atoms with Gasteiger partial charge in [-0.15, -0.1) is 0 Å². The molecule has 2 aliphatic carbocycles. The van der Waals surface area contributed by atoms with Crippen LogP contribution in [0.25, 0.3) is 10.9 Å². The van der Waals surface area contributed by atoms with Crippen LogP contribution in [0.2, 0.25) is 0 Å². The van der Waals surface area contributed by atoms with Gasteiger partial charge in [-0.2, -0.15) is 0 Å². The van der Waals surface area contributed by atoms with Crippen LogP contribution in [0.1, 0.15) is 67.1 Å². The van der Waals surface area contributed by atoms with E-state index in [4.69, 9.17) is 4.74 Å². The van der Waals surface area contributed by atoms with Crippen molar-refractivity contribution < 1.29 is 19.1 Å². The highest BCUT2D eigenvalue weighted by atomic mass is 16.5. The fraction of sp³-hybridized carbons (Fsp3) is 0.478. The number of carbonyl (C=O) groups is 3. The predicted molar refractivity (Wildman–Crippen MR) is 112 cm³/mol. The van der Waals surface area contributed by atoms with E-state index in [1.807, 2.05) is 24.3 Å². The number of para-hydroxylation sites is 1. The van der Waals surface area contributed by atoms with Gasteiger partial charge in [0.05, 0.1) is 11.1 Å². The number of nitrogens with one attached hydrogen (secondary N) is 2. The number of hydrogen-bond acceptors (Lipinski definition) is 5. The van der Waals surface area contributed by atoms with Crippen LogP contribution in [0.15, 0.2) is 24.3 Å². The minimum Gasteiger partial charge on any atom is -0.449 e. The fourth-order valence-corrected chi connectivity index (χ4v) is 4.40. The minimum atomic E-state index is -1.08. The van der Waals surface area contributed by atoms with Crippen molar-refractivity contribution in [3.05, 3.63) is 41.1 Å². The molecule has 0 bridgehead atoms. The quantitative estimate of drug-likeness (QED) is 0.754. The number of nitrogens with zero attached hydrogens (tertiary/aromatic N) is 1. The number of imide groups is 1. The molecule has 4 rings (SSSR count). The summed E-state index contributed by atoms with van der Waals surface area (Å²) in [6.07, 6.45) is 6.64. The average Bonchev–Trinajstić information content (AvgIpc) is 3.20. The van der Waals surface area contributed by atoms with Crippen LogP contribution >= 0.6 is 0 Å². The Morgan fingerprint density at radius 2 is 1.83 bits per heavy atom. The van der Waals surface area contributed by atoms with Gasteiger partial charge in [-0.25, -0.2) is 9.59 Å². The van der Waals surface area contributed by atoms with Gasteiger partial charge in [0.1, 0.15) is 0 Å². The molecule has 7 nitrogen and oxygen atoms in total. The molecule has 2 aromatic rings. The second-order valence-electron chi connectivity index (χ2n) is 8.13. The standard InChI is InChI=1S/C23H27N3O4/c1-14(21(27)26-23(29)24-15-8-3-2-4-9-15)30-22(28)20-16-10-5-6-12-18(16)25-19-13-7-11-17(19)20/h5-6,10,12,14-15H,2-4,7-9,11,13H2,1H3,(H2,24,26,27,29)/t14-/m1/s1. The molecule has 1 aromatic heterocycles. The molecule has 0 spiro atoms. The highest BCUT2D eigenvalue weighted by molar-refractivity contribution is 6.06. The van der Waals surface area contributed by atoms with Gasteiger partial charge in [0, 0.05) is 17.1 Å². The van der Waals surface area contributed by atoms with E-state index in [-0.39, 0.29) is 6.04 Å². The Morgan fingerprint density at radius 3 is 2.63 bits per heavy atom. The lowest BCUT2D eigenvalue weighted by atomic mass is 9.96. The van der Waals surface area contributed by atoms with Crippen molar-refractivity contribution in [3.63, 3.8) is 0 Å². The molecule has 1 heterocycles. The lowest BCUT2D eigenvalue weighted by Gasteiger charge is -2.23. The van der Waals surface area contributed by atoms with E-state index in [2.05, 4.69) is 15.6 Å². The molecule has 1 atom stereocenters. The molecule has 2 N–H and O–H groups in total. The lowest BCUT2D eigenvalue weighted by molar-refractivity contribution is -0.127. The van der Waals surface area contributed by atoms with Crippen molar-refractivity contribution in [1.29, 1.82) is 0 Å². The summed E-state index contributed by atoms with van der Waals surface area (Å²) in [6, 6.07) is 7.01. The summed E-state index contributed by atoms with van der Waals surface area (Å²) >= 11 is 0. The number of hydrogen-bond donors (Lipinski definition) is 2. The maximum absolute atomic E-state index is 13.0. The van der Waals surface area contributed by atoms with Gasteiger partial charge in [-0.05, 0) is 50.7 Å². The van der Waals surface area contributed by atoms with Crippen molar-refractivity contribution in [3.8, 4) is 0 Å². The van der Waals surface area contributed by atoms with Gasteiger partial charge in [-0.1, -0.05) is 37.5 Å². The zero-order valence-corrected chi connectivity index (χ0v) is 17.2. The zero-order chi connectivity index (χ0) is 21.1. The number of aryl methyl sites for hydroxylation is 1. The van der Waals surface area contributed by atoms with Gasteiger partial charge in [0.25, 0.3) is 5.91 Å². The molecular weight excluding hydrogens is 382 g/mol. The summed E-state index contributed by atoms with van der Waals surface area (Å²) in [7, 11) is 0. The van der Waals surface area contributed by atoms with Gasteiger partial charge in [0.15, 0.2) is 6.10 Å². The highest BCUT2D eigenvalue weighted by Crippen LogP contribution is 2.30. The number of benzene rings is 1. The van der Waals surface area contributed by atoms with E-state index in [0.717, 1.165) is 67.1 Å². The number of amides is 3.